The summed E-state index contributed by atoms with van der Waals surface area (Å²) >= 11 is 0. The monoisotopic (exact) mass is 221 g/mol. The van der Waals surface area contributed by atoms with Gasteiger partial charge in [-0.2, -0.15) is 0 Å². The Labute approximate surface area is 96.7 Å². The number of hydrogen-bond donors (Lipinski definition) is 0. The highest BCUT2D eigenvalue weighted by Gasteiger charge is 2.25. The lowest BCUT2D eigenvalue weighted by molar-refractivity contribution is 0.0828. The van der Waals surface area contributed by atoms with Gasteiger partial charge in [-0.3, -0.25) is 0 Å². The fraction of sp³-hybridized carbons (Fsp3) is 0.667. The molecule has 0 aromatic carbocycles. The summed E-state index contributed by atoms with van der Waals surface area (Å²) in [4.78, 5) is 11.0. The van der Waals surface area contributed by atoms with Crippen LogP contribution in [-0.2, 0) is 4.74 Å². The zero-order valence-electron chi connectivity index (χ0n) is 9.97. The van der Waals surface area contributed by atoms with Crippen LogP contribution in [0.25, 0.3) is 0 Å². The van der Waals surface area contributed by atoms with E-state index in [1.54, 1.807) is 12.4 Å². The molecular formula is C12H19N3O. The first-order valence-electron chi connectivity index (χ1n) is 5.92. The third kappa shape index (κ3) is 2.50. The van der Waals surface area contributed by atoms with Gasteiger partial charge in [0.15, 0.2) is 0 Å². The molecule has 1 fully saturated rings. The van der Waals surface area contributed by atoms with E-state index in [0.717, 1.165) is 32.0 Å². The summed E-state index contributed by atoms with van der Waals surface area (Å²) in [5.74, 6) is 0.837. The molecule has 4 heteroatoms. The molecule has 0 unspecified atom stereocenters. The van der Waals surface area contributed by atoms with Gasteiger partial charge in [0.2, 0.25) is 5.95 Å². The van der Waals surface area contributed by atoms with Crippen molar-refractivity contribution in [2.75, 3.05) is 18.1 Å². The fourth-order valence-corrected chi connectivity index (χ4v) is 2.20. The Morgan fingerprint density at radius 2 is 1.88 bits per heavy atom. The van der Waals surface area contributed by atoms with Crippen LogP contribution in [0, 0.1) is 0 Å². The number of ether oxygens (including phenoxy) is 1. The Bertz CT molecular complexity index is 309. The molecule has 0 saturated carbocycles. The summed E-state index contributed by atoms with van der Waals surface area (Å²) < 4.78 is 5.40. The van der Waals surface area contributed by atoms with Crippen molar-refractivity contribution in [1.82, 2.24) is 9.97 Å². The lowest BCUT2D eigenvalue weighted by atomic mass is 10.1. The van der Waals surface area contributed by atoms with Gasteiger partial charge in [-0.1, -0.05) is 0 Å². The normalized spacial score (nSPS) is 17.7. The highest BCUT2D eigenvalue weighted by atomic mass is 16.5. The molecule has 0 atom stereocenters. The first-order chi connectivity index (χ1) is 7.79. The van der Waals surface area contributed by atoms with E-state index >= 15 is 0 Å². The summed E-state index contributed by atoms with van der Waals surface area (Å²) in [5.41, 5.74) is 0. The molecule has 0 radical (unpaired) electrons. The van der Waals surface area contributed by atoms with E-state index in [9.17, 15) is 0 Å². The lowest BCUT2D eigenvalue weighted by Gasteiger charge is -2.37. The fourth-order valence-electron chi connectivity index (χ4n) is 2.20. The number of hydrogen-bond acceptors (Lipinski definition) is 4. The minimum Gasteiger partial charge on any atom is -0.381 e. The molecule has 0 amide bonds. The first-order valence-corrected chi connectivity index (χ1v) is 5.92. The highest BCUT2D eigenvalue weighted by molar-refractivity contribution is 5.32. The third-order valence-corrected chi connectivity index (χ3v) is 2.92. The minimum atomic E-state index is 0.422. The Hall–Kier alpha value is -1.16. The van der Waals surface area contributed by atoms with E-state index in [-0.39, 0.29) is 0 Å². The topological polar surface area (TPSA) is 38.2 Å². The Balaban J connectivity index is 2.16. The van der Waals surface area contributed by atoms with Crippen LogP contribution in [0.1, 0.15) is 26.7 Å². The van der Waals surface area contributed by atoms with Crippen molar-refractivity contribution in [2.24, 2.45) is 0 Å². The van der Waals surface area contributed by atoms with Crippen LogP contribution in [-0.4, -0.2) is 35.3 Å². The van der Waals surface area contributed by atoms with Gasteiger partial charge in [0.05, 0.1) is 0 Å². The van der Waals surface area contributed by atoms with E-state index in [0.29, 0.717) is 12.1 Å². The molecule has 0 N–H and O–H groups in total. The van der Waals surface area contributed by atoms with Crippen molar-refractivity contribution >= 4 is 5.95 Å². The van der Waals surface area contributed by atoms with Gasteiger partial charge >= 0.3 is 0 Å². The largest absolute Gasteiger partial charge is 0.381 e. The molecular weight excluding hydrogens is 202 g/mol. The maximum Gasteiger partial charge on any atom is 0.225 e. The zero-order valence-corrected chi connectivity index (χ0v) is 9.97. The molecule has 88 valence electrons. The SMILES string of the molecule is CC(C)N(c1ncccn1)C1CCOCC1. The lowest BCUT2D eigenvalue weighted by Crippen LogP contribution is -2.44. The van der Waals surface area contributed by atoms with Crippen molar-refractivity contribution in [3.05, 3.63) is 18.5 Å². The maximum atomic E-state index is 5.40. The summed E-state index contributed by atoms with van der Waals surface area (Å²) in [7, 11) is 0. The Morgan fingerprint density at radius 3 is 2.44 bits per heavy atom. The van der Waals surface area contributed by atoms with E-state index < -0.39 is 0 Å². The minimum absolute atomic E-state index is 0.422. The highest BCUT2D eigenvalue weighted by Crippen LogP contribution is 2.21. The van der Waals surface area contributed by atoms with Crippen molar-refractivity contribution in [3.63, 3.8) is 0 Å². The van der Waals surface area contributed by atoms with Crippen LogP contribution in [0.4, 0.5) is 5.95 Å². The Morgan fingerprint density at radius 1 is 1.25 bits per heavy atom. The average Bonchev–Trinajstić information content (AvgIpc) is 2.31. The molecule has 1 aliphatic rings. The summed E-state index contributed by atoms with van der Waals surface area (Å²) in [6.07, 6.45) is 5.74. The number of anilines is 1. The van der Waals surface area contributed by atoms with Crippen molar-refractivity contribution in [3.8, 4) is 0 Å². The van der Waals surface area contributed by atoms with E-state index in [1.807, 2.05) is 6.07 Å². The third-order valence-electron chi connectivity index (χ3n) is 2.92. The van der Waals surface area contributed by atoms with Crippen LogP contribution in [0.5, 0.6) is 0 Å². The standard InChI is InChI=1S/C12H19N3O/c1-10(2)15(11-4-8-16-9-5-11)12-13-6-3-7-14-12/h3,6-7,10-11H,4-5,8-9H2,1-2H3. The van der Waals surface area contributed by atoms with Crippen LogP contribution < -0.4 is 4.90 Å². The van der Waals surface area contributed by atoms with Crippen LogP contribution >= 0.6 is 0 Å². The molecule has 0 bridgehead atoms. The quantitative estimate of drug-likeness (QED) is 0.781. The molecule has 0 spiro atoms. The van der Waals surface area contributed by atoms with Gasteiger partial charge in [0.1, 0.15) is 0 Å². The molecule has 1 aliphatic heterocycles. The summed E-state index contributed by atoms with van der Waals surface area (Å²) in [6, 6.07) is 2.79. The number of aromatic nitrogens is 2. The van der Waals surface area contributed by atoms with Crippen LogP contribution in [0.2, 0.25) is 0 Å². The number of nitrogens with zero attached hydrogens (tertiary/aromatic N) is 3. The van der Waals surface area contributed by atoms with Gasteiger partial charge in [-0.15, -0.1) is 0 Å². The predicted molar refractivity (Wildman–Crippen MR) is 63.5 cm³/mol. The molecule has 1 aromatic heterocycles. The Kier molecular flexibility index (Phi) is 3.72. The van der Waals surface area contributed by atoms with E-state index in [4.69, 9.17) is 4.74 Å². The van der Waals surface area contributed by atoms with Crippen LogP contribution in [0.15, 0.2) is 18.5 Å². The molecule has 1 aromatic rings. The first kappa shape index (κ1) is 11.3. The van der Waals surface area contributed by atoms with Gasteiger partial charge in [0.25, 0.3) is 0 Å². The van der Waals surface area contributed by atoms with Crippen molar-refractivity contribution in [1.29, 1.82) is 0 Å². The molecule has 2 rings (SSSR count). The zero-order chi connectivity index (χ0) is 11.4. The second-order valence-corrected chi connectivity index (χ2v) is 4.39. The molecule has 4 nitrogen and oxygen atoms in total. The van der Waals surface area contributed by atoms with Gasteiger partial charge < -0.3 is 9.64 Å². The second-order valence-electron chi connectivity index (χ2n) is 4.39. The van der Waals surface area contributed by atoms with E-state index in [2.05, 4.69) is 28.7 Å². The second kappa shape index (κ2) is 5.25. The van der Waals surface area contributed by atoms with Gasteiger partial charge in [0, 0.05) is 37.7 Å². The van der Waals surface area contributed by atoms with Crippen molar-refractivity contribution in [2.45, 2.75) is 38.8 Å². The smallest absolute Gasteiger partial charge is 0.225 e. The molecule has 0 aliphatic carbocycles. The number of rotatable bonds is 3. The maximum absolute atomic E-state index is 5.40. The molecule has 2 heterocycles. The molecule has 1 saturated heterocycles. The molecule has 16 heavy (non-hydrogen) atoms. The predicted octanol–water partition coefficient (Wildman–Crippen LogP) is 1.87. The van der Waals surface area contributed by atoms with Crippen LogP contribution in [0.3, 0.4) is 0 Å². The van der Waals surface area contributed by atoms with Gasteiger partial charge in [-0.05, 0) is 32.8 Å². The van der Waals surface area contributed by atoms with E-state index in [1.165, 1.54) is 0 Å². The summed E-state index contributed by atoms with van der Waals surface area (Å²) in [6.45, 7) is 6.07. The van der Waals surface area contributed by atoms with Gasteiger partial charge in [-0.25, -0.2) is 9.97 Å². The van der Waals surface area contributed by atoms with Crippen molar-refractivity contribution < 1.29 is 4.74 Å². The summed E-state index contributed by atoms with van der Waals surface area (Å²) in [5, 5.41) is 0. The average molecular weight is 221 g/mol.